The van der Waals surface area contributed by atoms with E-state index in [4.69, 9.17) is 9.47 Å². The monoisotopic (exact) mass is 244 g/mol. The van der Waals surface area contributed by atoms with Crippen LogP contribution in [-0.2, 0) is 9.47 Å². The SMILES string of the molecule is COCC(C)CC(O)C1CC(C)(C)OC1(C)C. The van der Waals surface area contributed by atoms with Crippen LogP contribution in [0, 0.1) is 11.8 Å². The van der Waals surface area contributed by atoms with Gasteiger partial charge in [-0.05, 0) is 46.5 Å². The smallest absolute Gasteiger partial charge is 0.0687 e. The van der Waals surface area contributed by atoms with E-state index >= 15 is 0 Å². The number of hydrogen-bond acceptors (Lipinski definition) is 3. The zero-order valence-electron chi connectivity index (χ0n) is 12.1. The summed E-state index contributed by atoms with van der Waals surface area (Å²) in [5, 5.41) is 10.4. The Hall–Kier alpha value is -0.120. The Morgan fingerprint density at radius 1 is 1.35 bits per heavy atom. The summed E-state index contributed by atoms with van der Waals surface area (Å²) in [7, 11) is 1.70. The fourth-order valence-electron chi connectivity index (χ4n) is 3.13. The minimum absolute atomic E-state index is 0.125. The van der Waals surface area contributed by atoms with Crippen LogP contribution in [0.25, 0.3) is 0 Å². The van der Waals surface area contributed by atoms with Gasteiger partial charge in [0.2, 0.25) is 0 Å². The van der Waals surface area contributed by atoms with Crippen molar-refractivity contribution in [1.82, 2.24) is 0 Å². The summed E-state index contributed by atoms with van der Waals surface area (Å²) in [6, 6.07) is 0. The third-order valence-corrected chi connectivity index (χ3v) is 3.70. The van der Waals surface area contributed by atoms with Gasteiger partial charge in [-0.25, -0.2) is 0 Å². The van der Waals surface area contributed by atoms with Crippen LogP contribution in [0.15, 0.2) is 0 Å². The van der Waals surface area contributed by atoms with Crippen LogP contribution >= 0.6 is 0 Å². The summed E-state index contributed by atoms with van der Waals surface area (Å²) >= 11 is 0. The van der Waals surface area contributed by atoms with Gasteiger partial charge in [0, 0.05) is 19.6 Å². The molecule has 0 aromatic heterocycles. The van der Waals surface area contributed by atoms with E-state index in [-0.39, 0.29) is 23.2 Å². The standard InChI is InChI=1S/C14H28O3/c1-10(9-16-6)7-12(15)11-8-13(2,3)17-14(11,4)5/h10-12,15H,7-9H2,1-6H3. The molecule has 0 bridgehead atoms. The average Bonchev–Trinajstić information content (AvgIpc) is 2.34. The first-order valence-electron chi connectivity index (χ1n) is 6.55. The molecule has 3 unspecified atom stereocenters. The number of ether oxygens (including phenoxy) is 2. The second kappa shape index (κ2) is 5.25. The van der Waals surface area contributed by atoms with Crippen molar-refractivity contribution >= 4 is 0 Å². The minimum atomic E-state index is -0.308. The van der Waals surface area contributed by atoms with Crippen molar-refractivity contribution in [1.29, 1.82) is 0 Å². The molecule has 0 radical (unpaired) electrons. The molecule has 102 valence electrons. The topological polar surface area (TPSA) is 38.7 Å². The van der Waals surface area contributed by atoms with Gasteiger partial charge in [0.25, 0.3) is 0 Å². The molecule has 0 aromatic rings. The molecule has 1 heterocycles. The first-order chi connectivity index (χ1) is 7.68. The Morgan fingerprint density at radius 3 is 2.35 bits per heavy atom. The van der Waals surface area contributed by atoms with Gasteiger partial charge >= 0.3 is 0 Å². The number of rotatable bonds is 5. The molecule has 1 rings (SSSR count). The molecule has 0 aliphatic carbocycles. The summed E-state index contributed by atoms with van der Waals surface area (Å²) in [4.78, 5) is 0. The summed E-state index contributed by atoms with van der Waals surface area (Å²) in [5.74, 6) is 0.589. The highest BCUT2D eigenvalue weighted by molar-refractivity contribution is 4.97. The first kappa shape index (κ1) is 14.9. The Morgan fingerprint density at radius 2 is 1.94 bits per heavy atom. The van der Waals surface area contributed by atoms with Crippen molar-refractivity contribution < 1.29 is 14.6 Å². The first-order valence-corrected chi connectivity index (χ1v) is 6.55. The van der Waals surface area contributed by atoms with E-state index < -0.39 is 0 Å². The fourth-order valence-corrected chi connectivity index (χ4v) is 3.13. The molecule has 1 aliphatic rings. The maximum Gasteiger partial charge on any atom is 0.0687 e. The highest BCUT2D eigenvalue weighted by atomic mass is 16.5. The number of aliphatic hydroxyl groups excluding tert-OH is 1. The molecule has 1 fully saturated rings. The molecule has 0 saturated carbocycles. The number of aliphatic hydroxyl groups is 1. The van der Waals surface area contributed by atoms with Gasteiger partial charge in [-0.15, -0.1) is 0 Å². The van der Waals surface area contributed by atoms with Gasteiger partial charge in [-0.2, -0.15) is 0 Å². The second-order valence-electron chi connectivity index (χ2n) is 6.64. The molecule has 0 amide bonds. The summed E-state index contributed by atoms with van der Waals surface area (Å²) in [6.07, 6.45) is 1.39. The lowest BCUT2D eigenvalue weighted by Gasteiger charge is -2.31. The van der Waals surface area contributed by atoms with Crippen LogP contribution in [0.1, 0.15) is 47.5 Å². The van der Waals surface area contributed by atoms with Crippen molar-refractivity contribution in [2.45, 2.75) is 64.8 Å². The molecule has 1 saturated heterocycles. The average molecular weight is 244 g/mol. The number of hydrogen-bond donors (Lipinski definition) is 1. The Bertz CT molecular complexity index is 248. The van der Waals surface area contributed by atoms with Gasteiger partial charge in [0.1, 0.15) is 0 Å². The predicted octanol–water partition coefficient (Wildman–Crippen LogP) is 2.61. The quantitative estimate of drug-likeness (QED) is 0.808. The number of methoxy groups -OCH3 is 1. The molecule has 3 atom stereocenters. The van der Waals surface area contributed by atoms with Crippen molar-refractivity contribution in [3.63, 3.8) is 0 Å². The molecule has 17 heavy (non-hydrogen) atoms. The molecular formula is C14H28O3. The third kappa shape index (κ3) is 3.94. The zero-order valence-corrected chi connectivity index (χ0v) is 12.1. The van der Waals surface area contributed by atoms with E-state index in [0.717, 1.165) is 12.8 Å². The summed E-state index contributed by atoms with van der Waals surface area (Å²) < 4.78 is 11.1. The molecule has 0 spiro atoms. The van der Waals surface area contributed by atoms with Crippen LogP contribution in [0.4, 0.5) is 0 Å². The van der Waals surface area contributed by atoms with Crippen molar-refractivity contribution in [2.24, 2.45) is 11.8 Å². The third-order valence-electron chi connectivity index (χ3n) is 3.70. The maximum atomic E-state index is 10.4. The lowest BCUT2D eigenvalue weighted by molar-refractivity contribution is -0.0897. The molecule has 3 heteroatoms. The van der Waals surface area contributed by atoms with Crippen molar-refractivity contribution in [2.75, 3.05) is 13.7 Å². The van der Waals surface area contributed by atoms with Gasteiger partial charge in [0.05, 0.1) is 17.3 Å². The fraction of sp³-hybridized carbons (Fsp3) is 1.00. The van der Waals surface area contributed by atoms with E-state index in [1.165, 1.54) is 0 Å². The zero-order chi connectivity index (χ0) is 13.3. The Labute approximate surface area is 105 Å². The Kier molecular flexibility index (Phi) is 4.61. The molecule has 0 aromatic carbocycles. The van der Waals surface area contributed by atoms with E-state index in [0.29, 0.717) is 12.5 Å². The molecule has 1 aliphatic heterocycles. The summed E-state index contributed by atoms with van der Waals surface area (Å²) in [5.41, 5.74) is -0.366. The van der Waals surface area contributed by atoms with Crippen LogP contribution < -0.4 is 0 Å². The van der Waals surface area contributed by atoms with E-state index in [1.807, 2.05) is 0 Å². The molecule has 1 N–H and O–H groups in total. The van der Waals surface area contributed by atoms with Gasteiger partial charge in [-0.1, -0.05) is 6.92 Å². The summed E-state index contributed by atoms with van der Waals surface area (Å²) in [6.45, 7) is 11.2. The second-order valence-corrected chi connectivity index (χ2v) is 6.64. The molecule has 3 nitrogen and oxygen atoms in total. The highest BCUT2D eigenvalue weighted by Gasteiger charge is 2.48. The van der Waals surface area contributed by atoms with E-state index in [1.54, 1.807) is 7.11 Å². The van der Waals surface area contributed by atoms with Gasteiger partial charge in [0.15, 0.2) is 0 Å². The highest BCUT2D eigenvalue weighted by Crippen LogP contribution is 2.44. The van der Waals surface area contributed by atoms with Crippen LogP contribution in [0.5, 0.6) is 0 Å². The maximum absolute atomic E-state index is 10.4. The largest absolute Gasteiger partial charge is 0.393 e. The lowest BCUT2D eigenvalue weighted by atomic mass is 9.80. The van der Waals surface area contributed by atoms with Crippen molar-refractivity contribution in [3.8, 4) is 0 Å². The van der Waals surface area contributed by atoms with E-state index in [2.05, 4.69) is 34.6 Å². The van der Waals surface area contributed by atoms with E-state index in [9.17, 15) is 5.11 Å². The van der Waals surface area contributed by atoms with Gasteiger partial charge in [-0.3, -0.25) is 0 Å². The van der Waals surface area contributed by atoms with Gasteiger partial charge < -0.3 is 14.6 Å². The van der Waals surface area contributed by atoms with Crippen molar-refractivity contribution in [3.05, 3.63) is 0 Å². The normalized spacial score (nSPS) is 30.2. The Balaban J connectivity index is 2.60. The lowest BCUT2D eigenvalue weighted by Crippen LogP contribution is -2.37. The van der Waals surface area contributed by atoms with Crippen LogP contribution in [0.2, 0.25) is 0 Å². The van der Waals surface area contributed by atoms with Crippen LogP contribution in [-0.4, -0.2) is 36.1 Å². The predicted molar refractivity (Wildman–Crippen MR) is 69.0 cm³/mol. The molecular weight excluding hydrogens is 216 g/mol. The minimum Gasteiger partial charge on any atom is -0.393 e. The van der Waals surface area contributed by atoms with Crippen LogP contribution in [0.3, 0.4) is 0 Å².